The van der Waals surface area contributed by atoms with Crippen LogP contribution in [-0.4, -0.2) is 183 Å². The lowest BCUT2D eigenvalue weighted by atomic mass is 9.90. The van der Waals surface area contributed by atoms with Crippen molar-refractivity contribution in [2.45, 2.75) is 146 Å². The summed E-state index contributed by atoms with van der Waals surface area (Å²) in [5.74, 6) is 1.34. The third-order valence-corrected chi connectivity index (χ3v) is 19.1. The van der Waals surface area contributed by atoms with E-state index in [9.17, 15) is 24.9 Å². The number of benzene rings is 2. The van der Waals surface area contributed by atoms with E-state index in [1.54, 1.807) is 19.6 Å². The van der Waals surface area contributed by atoms with Gasteiger partial charge in [0.25, 0.3) is 5.91 Å². The second-order valence-corrected chi connectivity index (χ2v) is 25.9. The summed E-state index contributed by atoms with van der Waals surface area (Å²) < 4.78 is 8.02. The number of carbonyl (C=O) groups is 4. The standard InChI is InChI=1S/C67H82N16O5/c1-6-59(84)81-39-37-78(43-51(81)21-29-68)63-54-18-16-50(80-36-24-46-12-8-10-14-58(46)80)42-56(54)72-65(74-63)83(48-27-31-75(5)32-28-48)61(86)20-19-60(85)82-40-38-77(44-52(82)22-30-69)62-53-17-15-49(79-35-23-45-11-7-9-13-57(45)79)41-55(53)71-64(73-62)70-47-25-33-76(34-26-47)66(87)88-67(2,3)4/h6-14,19-20,24,36,47-52H,1,15-18,21-23,25-28,31-35,37-44H2,2-5H3,(H,70,71,73)/b20-19+/t49?,50?,51-,52-/m0/s1. The van der Waals surface area contributed by atoms with Crippen molar-refractivity contribution in [3.8, 4) is 12.1 Å². The van der Waals surface area contributed by atoms with Gasteiger partial charge in [0.1, 0.15) is 17.2 Å². The first-order chi connectivity index (χ1) is 42.6. The quantitative estimate of drug-likeness (QED) is 0.113. The van der Waals surface area contributed by atoms with E-state index in [0.717, 1.165) is 91.0 Å². The maximum absolute atomic E-state index is 15.2. The summed E-state index contributed by atoms with van der Waals surface area (Å²) in [6.45, 7) is 15.3. The zero-order valence-electron chi connectivity index (χ0n) is 51.4. The Morgan fingerprint density at radius 1 is 0.705 bits per heavy atom. The third-order valence-electron chi connectivity index (χ3n) is 19.1. The molecule has 88 heavy (non-hydrogen) atoms. The molecular formula is C67H82N16O5. The lowest BCUT2D eigenvalue weighted by Crippen LogP contribution is -2.55. The minimum atomic E-state index is -0.583. The number of hydrogen-bond acceptors (Lipinski definition) is 16. The van der Waals surface area contributed by atoms with Crippen LogP contribution in [0.4, 0.5) is 34.0 Å². The van der Waals surface area contributed by atoms with E-state index in [0.29, 0.717) is 103 Å². The average molecular weight is 1190 g/mol. The number of carbonyl (C=O) groups excluding carboxylic acids is 4. The molecule has 8 heterocycles. The van der Waals surface area contributed by atoms with E-state index in [1.807, 2.05) is 26.8 Å². The fourth-order valence-electron chi connectivity index (χ4n) is 14.6. The molecule has 5 aliphatic heterocycles. The minimum absolute atomic E-state index is 0.0316. The summed E-state index contributed by atoms with van der Waals surface area (Å²) in [6, 6.07) is 23.1. The van der Waals surface area contributed by atoms with E-state index in [-0.39, 0.29) is 60.9 Å². The topological polar surface area (TPSA) is 220 Å². The Morgan fingerprint density at radius 3 is 2.03 bits per heavy atom. The van der Waals surface area contributed by atoms with Gasteiger partial charge in [-0.05, 0) is 134 Å². The predicted octanol–water partition coefficient (Wildman–Crippen LogP) is 7.41. The van der Waals surface area contributed by atoms with Crippen LogP contribution in [0.1, 0.15) is 106 Å². The van der Waals surface area contributed by atoms with E-state index < -0.39 is 23.6 Å². The second-order valence-electron chi connectivity index (χ2n) is 25.9. The number of para-hydroxylation sites is 2. The summed E-state index contributed by atoms with van der Waals surface area (Å²) in [4.78, 5) is 93.4. The Kier molecular flexibility index (Phi) is 17.4. The van der Waals surface area contributed by atoms with Crippen molar-refractivity contribution >= 4 is 63.9 Å². The molecule has 460 valence electrons. The van der Waals surface area contributed by atoms with Crippen LogP contribution in [0.2, 0.25) is 0 Å². The van der Waals surface area contributed by atoms with Crippen LogP contribution < -0.4 is 24.9 Å². The molecule has 2 unspecified atom stereocenters. The number of likely N-dealkylation sites (tertiary alicyclic amines) is 2. The van der Waals surface area contributed by atoms with Gasteiger partial charge in [-0.3, -0.25) is 19.3 Å². The van der Waals surface area contributed by atoms with Crippen molar-refractivity contribution in [1.82, 2.24) is 44.1 Å². The van der Waals surface area contributed by atoms with Gasteiger partial charge in [0.15, 0.2) is 0 Å². The van der Waals surface area contributed by atoms with Gasteiger partial charge in [-0.1, -0.05) is 43.0 Å². The van der Waals surface area contributed by atoms with Gasteiger partial charge in [-0.2, -0.15) is 20.5 Å². The van der Waals surface area contributed by atoms with Crippen molar-refractivity contribution in [2.75, 3.05) is 104 Å². The molecule has 2 aromatic carbocycles. The molecule has 21 heteroatoms. The lowest BCUT2D eigenvalue weighted by Gasteiger charge is -2.42. The Morgan fingerprint density at radius 2 is 1.34 bits per heavy atom. The van der Waals surface area contributed by atoms with Gasteiger partial charge in [-0.15, -0.1) is 0 Å². The predicted molar refractivity (Wildman–Crippen MR) is 338 cm³/mol. The van der Waals surface area contributed by atoms with E-state index in [1.165, 1.54) is 29.5 Å². The van der Waals surface area contributed by atoms with Crippen molar-refractivity contribution in [3.63, 3.8) is 0 Å². The number of piperidine rings is 2. The Hall–Kier alpha value is -8.56. The van der Waals surface area contributed by atoms with E-state index >= 15 is 4.79 Å². The van der Waals surface area contributed by atoms with Crippen molar-refractivity contribution in [2.24, 2.45) is 0 Å². The van der Waals surface area contributed by atoms with E-state index in [4.69, 9.17) is 24.7 Å². The number of piperazine rings is 2. The molecule has 3 aromatic heterocycles. The molecule has 0 saturated carbocycles. The first-order valence-corrected chi connectivity index (χ1v) is 31.7. The monoisotopic (exact) mass is 1190 g/mol. The summed E-state index contributed by atoms with van der Waals surface area (Å²) in [5.41, 5.74) is 7.17. The number of amides is 4. The SMILES string of the molecule is C=CC(=O)N1CCN(c2nc(N(C(=O)/C=C/C(=O)N3CCN(c4nc(NC5CCN(C(=O)OC(C)(C)C)CC5)nc5c4CCC(N4CCc6ccccc64)C5)C[C@@H]3CC#N)C3CCN(C)CC3)nc3c2CCC(n2ccc4ccccc42)C3)C[C@@H]1CC#N. The second kappa shape index (κ2) is 25.6. The zero-order valence-corrected chi connectivity index (χ0v) is 51.4. The third kappa shape index (κ3) is 12.6. The lowest BCUT2D eigenvalue weighted by molar-refractivity contribution is -0.129. The van der Waals surface area contributed by atoms with Gasteiger partial charge < -0.3 is 48.9 Å². The number of ether oxygens (including phenoxy) is 1. The van der Waals surface area contributed by atoms with Gasteiger partial charge in [0.05, 0.1) is 48.5 Å². The van der Waals surface area contributed by atoms with Crippen LogP contribution in [0, 0.1) is 22.7 Å². The Bertz CT molecular complexity index is 3570. The number of fused-ring (bicyclic) bond motifs is 4. The maximum Gasteiger partial charge on any atom is 0.410 e. The molecule has 5 aromatic rings. The highest BCUT2D eigenvalue weighted by Crippen LogP contribution is 2.40. The van der Waals surface area contributed by atoms with Gasteiger partial charge in [-0.25, -0.2) is 14.8 Å². The molecular weight excluding hydrogens is 1110 g/mol. The maximum atomic E-state index is 15.2. The first kappa shape index (κ1) is 59.8. The van der Waals surface area contributed by atoms with Crippen LogP contribution in [0.15, 0.2) is 85.6 Å². The number of hydrogen-bond donors (Lipinski definition) is 1. The number of nitriles is 2. The summed E-state index contributed by atoms with van der Waals surface area (Å²) in [6.07, 6.45) is 14.4. The number of aromatic nitrogens is 5. The molecule has 4 atom stereocenters. The van der Waals surface area contributed by atoms with Crippen molar-refractivity contribution in [1.29, 1.82) is 10.5 Å². The van der Waals surface area contributed by atoms with Crippen LogP contribution >= 0.6 is 0 Å². The molecule has 0 spiro atoms. The van der Waals surface area contributed by atoms with Gasteiger partial charge >= 0.3 is 6.09 Å². The highest BCUT2D eigenvalue weighted by Gasteiger charge is 2.40. The first-order valence-electron chi connectivity index (χ1n) is 31.7. The summed E-state index contributed by atoms with van der Waals surface area (Å²) in [7, 11) is 2.08. The average Bonchev–Trinajstić information content (AvgIpc) is 1.36. The van der Waals surface area contributed by atoms with Crippen LogP contribution in [0.5, 0.6) is 0 Å². The molecule has 12 rings (SSSR count). The minimum Gasteiger partial charge on any atom is -0.444 e. The number of anilines is 5. The highest BCUT2D eigenvalue weighted by molar-refractivity contribution is 6.05. The van der Waals surface area contributed by atoms with Crippen LogP contribution in [-0.2, 0) is 51.2 Å². The Labute approximate surface area is 516 Å². The largest absolute Gasteiger partial charge is 0.444 e. The van der Waals surface area contributed by atoms with Gasteiger partial charge in [0.2, 0.25) is 23.7 Å². The Balaban J connectivity index is 0.815. The van der Waals surface area contributed by atoms with Crippen LogP contribution in [0.25, 0.3) is 10.9 Å². The molecule has 21 nitrogen and oxygen atoms in total. The number of nitrogens with zero attached hydrogens (tertiary/aromatic N) is 15. The molecule has 1 N–H and O–H groups in total. The number of rotatable bonds is 13. The van der Waals surface area contributed by atoms with Crippen molar-refractivity contribution in [3.05, 3.63) is 114 Å². The molecule has 4 fully saturated rings. The smallest absolute Gasteiger partial charge is 0.410 e. The highest BCUT2D eigenvalue weighted by atomic mass is 16.6. The fourth-order valence-corrected chi connectivity index (χ4v) is 14.6. The number of nitrogens with one attached hydrogen (secondary N) is 1. The van der Waals surface area contributed by atoms with Crippen LogP contribution in [0.3, 0.4) is 0 Å². The molecule has 7 aliphatic rings. The molecule has 4 saturated heterocycles. The zero-order chi connectivity index (χ0) is 61.2. The van der Waals surface area contributed by atoms with Gasteiger partial charge in [0, 0.05) is 137 Å². The summed E-state index contributed by atoms with van der Waals surface area (Å²) in [5, 5.41) is 25.2. The van der Waals surface area contributed by atoms with Crippen molar-refractivity contribution < 1.29 is 23.9 Å². The van der Waals surface area contributed by atoms with E-state index in [2.05, 4.69) is 110 Å². The molecule has 4 amide bonds. The molecule has 2 aliphatic carbocycles. The normalized spacial score (nSPS) is 22.0. The molecule has 0 bridgehead atoms. The summed E-state index contributed by atoms with van der Waals surface area (Å²) >= 11 is 0. The molecule has 0 radical (unpaired) electrons. The fraction of sp³-hybridized carbons (Fsp3) is 0.522.